The smallest absolute Gasteiger partial charge is 0.475 e. The lowest BCUT2D eigenvalue weighted by atomic mass is 9.83. The number of piperidine rings is 1. The first-order valence-electron chi connectivity index (χ1n) is 12.9. The van der Waals surface area contributed by atoms with Gasteiger partial charge in [-0.15, -0.1) is 0 Å². The molecule has 0 unspecified atom stereocenters. The van der Waals surface area contributed by atoms with Crippen molar-refractivity contribution in [2.45, 2.75) is 51.6 Å². The second-order valence-electron chi connectivity index (χ2n) is 9.92. The third kappa shape index (κ3) is 11.7. The Morgan fingerprint density at radius 2 is 1.60 bits per heavy atom. The predicted molar refractivity (Wildman–Crippen MR) is 137 cm³/mol. The Hall–Kier alpha value is -3.96. The van der Waals surface area contributed by atoms with Gasteiger partial charge in [0.1, 0.15) is 0 Å². The molecule has 0 aromatic carbocycles. The van der Waals surface area contributed by atoms with Crippen molar-refractivity contribution in [1.82, 2.24) is 24.8 Å². The number of carboxylic acid groups (broad SMARTS) is 2. The van der Waals surface area contributed by atoms with Crippen LogP contribution in [0.25, 0.3) is 0 Å². The van der Waals surface area contributed by atoms with Crippen LogP contribution in [0.15, 0.2) is 18.6 Å². The average molecular weight is 627 g/mol. The van der Waals surface area contributed by atoms with Gasteiger partial charge >= 0.3 is 24.3 Å². The first-order chi connectivity index (χ1) is 19.9. The second kappa shape index (κ2) is 15.0. The Bertz CT molecular complexity index is 1210. The molecule has 0 aliphatic carbocycles. The Morgan fingerprint density at radius 1 is 1.05 bits per heavy atom. The summed E-state index contributed by atoms with van der Waals surface area (Å²) in [6.07, 6.45) is -4.22. The van der Waals surface area contributed by atoms with Gasteiger partial charge in [-0.1, -0.05) is 0 Å². The molecule has 0 spiro atoms. The van der Waals surface area contributed by atoms with Gasteiger partial charge in [0.15, 0.2) is 0 Å². The Balaban J connectivity index is 0.000000384. The fourth-order valence-electron chi connectivity index (χ4n) is 4.51. The van der Waals surface area contributed by atoms with Gasteiger partial charge in [-0.3, -0.25) is 4.79 Å². The van der Waals surface area contributed by atoms with Gasteiger partial charge in [0.2, 0.25) is 11.9 Å². The zero-order valence-corrected chi connectivity index (χ0v) is 23.4. The number of fused-ring (bicyclic) bond motifs is 1. The van der Waals surface area contributed by atoms with Crippen LogP contribution in [0.5, 0.6) is 0 Å². The molecule has 18 heteroatoms. The minimum Gasteiger partial charge on any atom is -0.475 e. The van der Waals surface area contributed by atoms with Crippen LogP contribution in [0, 0.1) is 25.7 Å². The van der Waals surface area contributed by atoms with Gasteiger partial charge in [-0.25, -0.2) is 24.5 Å². The monoisotopic (exact) mass is 626 g/mol. The first kappa shape index (κ1) is 35.2. The molecule has 4 rings (SSSR count). The molecule has 2 aromatic rings. The molecule has 0 saturated carbocycles. The van der Waals surface area contributed by atoms with Crippen LogP contribution in [0.4, 0.5) is 32.3 Å². The maximum absolute atomic E-state index is 12.4. The van der Waals surface area contributed by atoms with E-state index in [9.17, 15) is 31.1 Å². The number of imidazole rings is 1. The molecule has 1 amide bonds. The van der Waals surface area contributed by atoms with Gasteiger partial charge in [0, 0.05) is 56.6 Å². The zero-order chi connectivity index (χ0) is 32.5. The number of anilines is 1. The van der Waals surface area contributed by atoms with Crippen LogP contribution >= 0.6 is 0 Å². The minimum absolute atomic E-state index is 0.0113. The fraction of sp³-hybridized carbons (Fsp3) is 0.600. The van der Waals surface area contributed by atoms with Crippen LogP contribution < -0.4 is 10.2 Å². The minimum atomic E-state index is -5.08. The van der Waals surface area contributed by atoms with Gasteiger partial charge in [0.05, 0.1) is 31.2 Å². The highest BCUT2D eigenvalue weighted by molar-refractivity contribution is 5.76. The highest BCUT2D eigenvalue weighted by Crippen LogP contribution is 2.36. The number of alkyl halides is 6. The molecule has 2 fully saturated rings. The molecule has 2 aromatic heterocycles. The summed E-state index contributed by atoms with van der Waals surface area (Å²) in [6.45, 7) is 7.13. The van der Waals surface area contributed by atoms with Gasteiger partial charge in [0.25, 0.3) is 0 Å². The van der Waals surface area contributed by atoms with E-state index in [1.54, 1.807) is 6.33 Å². The summed E-state index contributed by atoms with van der Waals surface area (Å²) in [7, 11) is 1.94. The Labute approximate surface area is 242 Å². The van der Waals surface area contributed by atoms with E-state index in [1.165, 1.54) is 0 Å². The molecule has 4 heterocycles. The third-order valence-corrected chi connectivity index (χ3v) is 6.38. The number of carbonyl (C=O) groups excluding carboxylic acids is 1. The number of halogens is 6. The number of carbonyl (C=O) groups is 3. The number of hydrogen-bond acceptors (Lipinski definition) is 8. The van der Waals surface area contributed by atoms with E-state index in [1.807, 2.05) is 37.7 Å². The van der Waals surface area contributed by atoms with Crippen LogP contribution in [0.2, 0.25) is 0 Å². The fourth-order valence-corrected chi connectivity index (χ4v) is 4.51. The van der Waals surface area contributed by atoms with Crippen LogP contribution in [-0.2, 0) is 32.6 Å². The summed E-state index contributed by atoms with van der Waals surface area (Å²) in [5.74, 6) is -3.78. The number of hydrogen-bond donors (Lipinski definition) is 3. The van der Waals surface area contributed by atoms with Crippen molar-refractivity contribution in [3.63, 3.8) is 0 Å². The summed E-state index contributed by atoms with van der Waals surface area (Å²) >= 11 is 0. The number of nitrogens with one attached hydrogen (secondary N) is 1. The molecule has 3 N–H and O–H groups in total. The third-order valence-electron chi connectivity index (χ3n) is 6.38. The molecule has 240 valence electrons. The highest BCUT2D eigenvalue weighted by Gasteiger charge is 2.42. The van der Waals surface area contributed by atoms with E-state index in [-0.39, 0.29) is 12.0 Å². The standard InChI is InChI=1S/C21H30N6O2.2C2HF3O2/c1-14-8-15(2)25-21(24-14)27-7-5-18-16(10-27)12-29-19(18)9-20(28)22-6-4-17-11-26(3)13-23-17;2*3-2(4,5)1(6)7/h8,11,13,16,18-19H,4-7,9-10,12H2,1-3H3,(H,22,28);2*(H,6,7)/t16-,18-,19+;;/m1../s1. The summed E-state index contributed by atoms with van der Waals surface area (Å²) in [5, 5.41) is 17.3. The van der Waals surface area contributed by atoms with Gasteiger partial charge in [-0.05, 0) is 32.3 Å². The maximum Gasteiger partial charge on any atom is 0.490 e. The van der Waals surface area contributed by atoms with Crippen molar-refractivity contribution >= 4 is 23.8 Å². The summed E-state index contributed by atoms with van der Waals surface area (Å²) in [5.41, 5.74) is 2.99. The number of aryl methyl sites for hydroxylation is 3. The highest BCUT2D eigenvalue weighted by atomic mass is 19.4. The number of rotatable bonds is 6. The van der Waals surface area contributed by atoms with Crippen molar-refractivity contribution in [1.29, 1.82) is 0 Å². The second-order valence-corrected chi connectivity index (χ2v) is 9.92. The Kier molecular flexibility index (Phi) is 12.3. The summed E-state index contributed by atoms with van der Waals surface area (Å²) in [4.78, 5) is 45.9. The molecule has 2 saturated heterocycles. The van der Waals surface area contributed by atoms with Crippen LogP contribution in [-0.4, -0.2) is 92.3 Å². The van der Waals surface area contributed by atoms with E-state index in [0.29, 0.717) is 31.4 Å². The van der Waals surface area contributed by atoms with Crippen molar-refractivity contribution in [3.05, 3.63) is 35.7 Å². The van der Waals surface area contributed by atoms with E-state index in [2.05, 4.69) is 25.2 Å². The van der Waals surface area contributed by atoms with Gasteiger partial charge < -0.3 is 29.7 Å². The van der Waals surface area contributed by atoms with E-state index in [0.717, 1.165) is 49.0 Å². The lowest BCUT2D eigenvalue weighted by Crippen LogP contribution is -2.43. The number of nitrogens with zero attached hydrogens (tertiary/aromatic N) is 5. The number of aliphatic carboxylic acids is 2. The normalized spacial score (nSPS) is 19.7. The molecule has 0 bridgehead atoms. The quantitative estimate of drug-likeness (QED) is 0.407. The zero-order valence-electron chi connectivity index (χ0n) is 23.4. The van der Waals surface area contributed by atoms with Crippen LogP contribution in [0.1, 0.15) is 29.9 Å². The van der Waals surface area contributed by atoms with Crippen molar-refractivity contribution in [2.75, 3.05) is 31.1 Å². The largest absolute Gasteiger partial charge is 0.490 e. The maximum atomic E-state index is 12.4. The topological polar surface area (TPSA) is 160 Å². The van der Waals surface area contributed by atoms with Crippen molar-refractivity contribution < 1.29 is 55.7 Å². The predicted octanol–water partition coefficient (Wildman–Crippen LogP) is 2.68. The molecule has 12 nitrogen and oxygen atoms in total. The molecular formula is C25H32F6N6O6. The molecule has 0 radical (unpaired) electrons. The summed E-state index contributed by atoms with van der Waals surface area (Å²) < 4.78 is 71.4. The first-order valence-corrected chi connectivity index (χ1v) is 12.9. The Morgan fingerprint density at radius 3 is 2.09 bits per heavy atom. The lowest BCUT2D eigenvalue weighted by Gasteiger charge is -2.35. The number of amides is 1. The number of carboxylic acids is 2. The van der Waals surface area contributed by atoms with E-state index < -0.39 is 24.3 Å². The summed E-state index contributed by atoms with van der Waals surface area (Å²) in [6, 6.07) is 2.00. The van der Waals surface area contributed by atoms with Crippen LogP contribution in [0.3, 0.4) is 0 Å². The van der Waals surface area contributed by atoms with Gasteiger partial charge in [-0.2, -0.15) is 26.3 Å². The van der Waals surface area contributed by atoms with E-state index in [4.69, 9.17) is 24.5 Å². The number of aromatic nitrogens is 4. The van der Waals surface area contributed by atoms with E-state index >= 15 is 0 Å². The average Bonchev–Trinajstić information content (AvgIpc) is 3.48. The lowest BCUT2D eigenvalue weighted by molar-refractivity contribution is -0.193. The molecule has 3 atom stereocenters. The van der Waals surface area contributed by atoms with Crippen molar-refractivity contribution in [2.24, 2.45) is 18.9 Å². The van der Waals surface area contributed by atoms with Crippen molar-refractivity contribution in [3.8, 4) is 0 Å². The molecular weight excluding hydrogens is 594 g/mol. The molecule has 2 aliphatic rings. The molecule has 43 heavy (non-hydrogen) atoms. The molecule has 2 aliphatic heterocycles. The SMILES string of the molecule is Cc1cc(C)nc(N2CC[C@@H]3[C@@H](CO[C@H]3CC(=O)NCCc3cn(C)cn3)C2)n1.O=C(O)C(F)(F)F.O=C(O)C(F)(F)F. The number of ether oxygens (including phenoxy) is 1.